The van der Waals surface area contributed by atoms with Gasteiger partial charge in [0, 0.05) is 25.2 Å². The minimum atomic E-state index is -0.376. The maximum Gasteiger partial charge on any atom is 0.146 e. The third-order valence-electron chi connectivity index (χ3n) is 3.35. The van der Waals surface area contributed by atoms with Crippen molar-refractivity contribution < 1.29 is 4.39 Å². The Labute approximate surface area is 129 Å². The number of pyridine rings is 1. The molecule has 3 nitrogen and oxygen atoms in total. The molecule has 0 atom stereocenters. The van der Waals surface area contributed by atoms with Crippen LogP contribution >= 0.6 is 11.6 Å². The lowest BCUT2D eigenvalue weighted by Crippen LogP contribution is -2.22. The van der Waals surface area contributed by atoms with Crippen molar-refractivity contribution in [3.05, 3.63) is 52.9 Å². The number of anilines is 2. The van der Waals surface area contributed by atoms with Crippen LogP contribution in [-0.4, -0.2) is 18.1 Å². The van der Waals surface area contributed by atoms with Crippen LogP contribution in [-0.2, 0) is 6.54 Å². The van der Waals surface area contributed by atoms with Crippen LogP contribution in [0.25, 0.3) is 0 Å². The Morgan fingerprint density at radius 3 is 2.57 bits per heavy atom. The third-order valence-corrected chi connectivity index (χ3v) is 3.64. The fourth-order valence-electron chi connectivity index (χ4n) is 2.11. The van der Waals surface area contributed by atoms with Crippen molar-refractivity contribution in [1.29, 1.82) is 0 Å². The van der Waals surface area contributed by atoms with Gasteiger partial charge in [0.05, 0.1) is 16.9 Å². The SMILES string of the molecule is CCN(CC)c1ccc(NCc2cccc(Cl)c2F)cn1. The van der Waals surface area contributed by atoms with E-state index in [0.717, 1.165) is 24.6 Å². The quantitative estimate of drug-likeness (QED) is 0.861. The second-order valence-electron chi connectivity index (χ2n) is 4.64. The third kappa shape index (κ3) is 3.85. The van der Waals surface area contributed by atoms with Crippen LogP contribution in [0.1, 0.15) is 19.4 Å². The number of hydrogen-bond donors (Lipinski definition) is 1. The number of nitrogens with zero attached hydrogens (tertiary/aromatic N) is 2. The minimum absolute atomic E-state index is 0.143. The number of benzene rings is 1. The van der Waals surface area contributed by atoms with Crippen LogP contribution in [0.15, 0.2) is 36.5 Å². The van der Waals surface area contributed by atoms with E-state index in [1.54, 1.807) is 24.4 Å². The highest BCUT2D eigenvalue weighted by Crippen LogP contribution is 2.19. The summed E-state index contributed by atoms with van der Waals surface area (Å²) in [6.07, 6.45) is 1.76. The lowest BCUT2D eigenvalue weighted by Gasteiger charge is -2.19. The molecule has 0 spiro atoms. The van der Waals surface area contributed by atoms with Crippen molar-refractivity contribution in [2.75, 3.05) is 23.3 Å². The molecule has 1 aromatic carbocycles. The molecule has 0 saturated heterocycles. The van der Waals surface area contributed by atoms with Crippen molar-refractivity contribution in [1.82, 2.24) is 4.98 Å². The van der Waals surface area contributed by atoms with E-state index in [0.29, 0.717) is 12.1 Å². The van der Waals surface area contributed by atoms with Crippen LogP contribution in [0.5, 0.6) is 0 Å². The van der Waals surface area contributed by atoms with Gasteiger partial charge in [0.1, 0.15) is 11.6 Å². The van der Waals surface area contributed by atoms with Crippen LogP contribution in [0.2, 0.25) is 5.02 Å². The normalized spacial score (nSPS) is 10.5. The predicted octanol–water partition coefficient (Wildman–Crippen LogP) is 4.33. The molecule has 1 heterocycles. The lowest BCUT2D eigenvalue weighted by atomic mass is 10.2. The van der Waals surface area contributed by atoms with Gasteiger partial charge < -0.3 is 10.2 Å². The molecule has 0 unspecified atom stereocenters. The highest BCUT2D eigenvalue weighted by atomic mass is 35.5. The van der Waals surface area contributed by atoms with Crippen molar-refractivity contribution in [3.63, 3.8) is 0 Å². The Kier molecular flexibility index (Phi) is 5.39. The largest absolute Gasteiger partial charge is 0.380 e. The molecule has 2 aromatic rings. The Morgan fingerprint density at radius 1 is 1.19 bits per heavy atom. The summed E-state index contributed by atoms with van der Waals surface area (Å²) in [4.78, 5) is 6.58. The first-order chi connectivity index (χ1) is 10.2. The second-order valence-corrected chi connectivity index (χ2v) is 5.05. The topological polar surface area (TPSA) is 28.2 Å². The molecular formula is C16H19ClFN3. The fourth-order valence-corrected chi connectivity index (χ4v) is 2.30. The van der Waals surface area contributed by atoms with Gasteiger partial charge in [0.15, 0.2) is 0 Å². The first-order valence-electron chi connectivity index (χ1n) is 7.03. The number of hydrogen-bond acceptors (Lipinski definition) is 3. The molecule has 0 radical (unpaired) electrons. The number of rotatable bonds is 6. The smallest absolute Gasteiger partial charge is 0.146 e. The molecule has 0 saturated carbocycles. The van der Waals surface area contributed by atoms with Crippen molar-refractivity contribution >= 4 is 23.1 Å². The first-order valence-corrected chi connectivity index (χ1v) is 7.41. The summed E-state index contributed by atoms with van der Waals surface area (Å²) in [7, 11) is 0. The number of nitrogens with one attached hydrogen (secondary N) is 1. The van der Waals surface area contributed by atoms with E-state index in [9.17, 15) is 4.39 Å². The average Bonchev–Trinajstić information content (AvgIpc) is 2.51. The Balaban J connectivity index is 2.02. The van der Waals surface area contributed by atoms with Gasteiger partial charge in [-0.3, -0.25) is 0 Å². The van der Waals surface area contributed by atoms with Crippen LogP contribution in [0.4, 0.5) is 15.9 Å². The summed E-state index contributed by atoms with van der Waals surface area (Å²) >= 11 is 5.76. The molecule has 0 aliphatic rings. The van der Waals surface area contributed by atoms with E-state index in [1.165, 1.54) is 0 Å². The lowest BCUT2D eigenvalue weighted by molar-refractivity contribution is 0.613. The summed E-state index contributed by atoms with van der Waals surface area (Å²) in [6.45, 7) is 6.41. The molecular weight excluding hydrogens is 289 g/mol. The molecule has 1 N–H and O–H groups in total. The summed E-state index contributed by atoms with van der Waals surface area (Å²) in [5.74, 6) is 0.568. The van der Waals surface area contributed by atoms with E-state index in [2.05, 4.69) is 29.0 Å². The molecule has 112 valence electrons. The monoisotopic (exact) mass is 307 g/mol. The summed E-state index contributed by atoms with van der Waals surface area (Å²) < 4.78 is 13.8. The summed E-state index contributed by atoms with van der Waals surface area (Å²) in [5, 5.41) is 3.29. The van der Waals surface area contributed by atoms with Crippen molar-refractivity contribution in [2.45, 2.75) is 20.4 Å². The zero-order valence-corrected chi connectivity index (χ0v) is 13.0. The predicted molar refractivity (Wildman–Crippen MR) is 86.5 cm³/mol. The van der Waals surface area contributed by atoms with Crippen LogP contribution in [0, 0.1) is 5.82 Å². The first kappa shape index (κ1) is 15.6. The van der Waals surface area contributed by atoms with E-state index >= 15 is 0 Å². The Morgan fingerprint density at radius 2 is 1.95 bits per heavy atom. The van der Waals surface area contributed by atoms with Gasteiger partial charge >= 0.3 is 0 Å². The molecule has 2 rings (SSSR count). The van der Waals surface area contributed by atoms with Gasteiger partial charge in [-0.05, 0) is 32.0 Å². The van der Waals surface area contributed by atoms with Gasteiger partial charge in [-0.2, -0.15) is 0 Å². The van der Waals surface area contributed by atoms with Crippen LogP contribution < -0.4 is 10.2 Å². The standard InChI is InChI=1S/C16H19ClFN3/c1-3-21(4-2)15-9-8-13(11-20-15)19-10-12-6-5-7-14(17)16(12)18/h5-9,11,19H,3-4,10H2,1-2H3. The maximum atomic E-state index is 13.8. The average molecular weight is 308 g/mol. The minimum Gasteiger partial charge on any atom is -0.380 e. The summed E-state index contributed by atoms with van der Waals surface area (Å²) in [6, 6.07) is 8.91. The van der Waals surface area contributed by atoms with E-state index in [1.807, 2.05) is 12.1 Å². The molecule has 1 aromatic heterocycles. The van der Waals surface area contributed by atoms with Gasteiger partial charge in [0.25, 0.3) is 0 Å². The van der Waals surface area contributed by atoms with Gasteiger partial charge in [-0.25, -0.2) is 9.37 Å². The molecule has 21 heavy (non-hydrogen) atoms. The fraction of sp³-hybridized carbons (Fsp3) is 0.312. The highest BCUT2D eigenvalue weighted by Gasteiger charge is 2.06. The number of halogens is 2. The van der Waals surface area contributed by atoms with E-state index in [-0.39, 0.29) is 10.8 Å². The van der Waals surface area contributed by atoms with E-state index in [4.69, 9.17) is 11.6 Å². The maximum absolute atomic E-state index is 13.8. The second kappa shape index (κ2) is 7.27. The number of aromatic nitrogens is 1. The molecule has 0 aliphatic carbocycles. The van der Waals surface area contributed by atoms with Crippen LogP contribution in [0.3, 0.4) is 0 Å². The highest BCUT2D eigenvalue weighted by molar-refractivity contribution is 6.30. The molecule has 5 heteroatoms. The molecule has 0 aliphatic heterocycles. The molecule has 0 amide bonds. The van der Waals surface area contributed by atoms with Gasteiger partial charge in [-0.15, -0.1) is 0 Å². The van der Waals surface area contributed by atoms with Crippen molar-refractivity contribution in [2.24, 2.45) is 0 Å². The van der Waals surface area contributed by atoms with Gasteiger partial charge in [-0.1, -0.05) is 23.7 Å². The van der Waals surface area contributed by atoms with Gasteiger partial charge in [0.2, 0.25) is 0 Å². The van der Waals surface area contributed by atoms with Crippen molar-refractivity contribution in [3.8, 4) is 0 Å². The van der Waals surface area contributed by atoms with E-state index < -0.39 is 0 Å². The molecule has 0 fully saturated rings. The zero-order valence-electron chi connectivity index (χ0n) is 12.2. The Hall–Kier alpha value is -1.81. The Bertz CT molecular complexity index is 583. The zero-order chi connectivity index (χ0) is 15.2. The summed E-state index contributed by atoms with van der Waals surface area (Å²) in [5.41, 5.74) is 1.39. The molecule has 0 bridgehead atoms.